The quantitative estimate of drug-likeness (QED) is 0.755. The number of amides is 2. The van der Waals surface area contributed by atoms with Crippen LogP contribution in [0, 0.1) is 5.92 Å². The fraction of sp³-hybridized carbons (Fsp3) is 0.429. The van der Waals surface area contributed by atoms with E-state index in [4.69, 9.17) is 0 Å². The minimum Gasteiger partial charge on any atom is -0.478 e. The van der Waals surface area contributed by atoms with Crippen molar-refractivity contribution in [2.75, 3.05) is 18.4 Å². The highest BCUT2D eigenvalue weighted by atomic mass is 79.9. The molecule has 114 valence electrons. The molecule has 1 aromatic rings. The number of nitrogens with one attached hydrogen (secondary N) is 1. The Morgan fingerprint density at radius 3 is 2.71 bits per heavy atom. The van der Waals surface area contributed by atoms with E-state index < -0.39 is 5.97 Å². The van der Waals surface area contributed by atoms with Crippen LogP contribution in [0.2, 0.25) is 0 Å². The minimum atomic E-state index is -1.08. The topological polar surface area (TPSA) is 69.6 Å². The van der Waals surface area contributed by atoms with Gasteiger partial charge in [0.25, 0.3) is 0 Å². The van der Waals surface area contributed by atoms with Gasteiger partial charge in [0.2, 0.25) is 0 Å². The Bertz CT molecular complexity index is 578. The van der Waals surface area contributed by atoms with Gasteiger partial charge in [0.15, 0.2) is 0 Å². The van der Waals surface area contributed by atoms with E-state index in [0.29, 0.717) is 28.0 Å². The van der Waals surface area contributed by atoms with Gasteiger partial charge in [-0.25, -0.2) is 9.59 Å². The van der Waals surface area contributed by atoms with Crippen LogP contribution in [0.3, 0.4) is 0 Å². The maximum atomic E-state index is 12.3. The van der Waals surface area contributed by atoms with Gasteiger partial charge in [-0.15, -0.1) is 0 Å². The van der Waals surface area contributed by atoms with Crippen molar-refractivity contribution in [3.63, 3.8) is 0 Å². The number of carbonyl (C=O) groups excluding carboxylic acids is 1. The van der Waals surface area contributed by atoms with Crippen LogP contribution in [0.25, 0.3) is 0 Å². The van der Waals surface area contributed by atoms with Gasteiger partial charge in [0.1, 0.15) is 0 Å². The number of anilines is 1. The predicted molar refractivity (Wildman–Crippen MR) is 87.8 cm³/mol. The van der Waals surface area contributed by atoms with Crippen LogP contribution in [0.1, 0.15) is 30.1 Å². The number of carboxylic acid groups (broad SMARTS) is 1. The second-order valence-corrected chi connectivity index (χ2v) is 7.01. The van der Waals surface area contributed by atoms with Crippen molar-refractivity contribution in [1.29, 1.82) is 0 Å². The Labute approximate surface area is 140 Å². The van der Waals surface area contributed by atoms with E-state index >= 15 is 0 Å². The van der Waals surface area contributed by atoms with Crippen LogP contribution < -0.4 is 5.32 Å². The van der Waals surface area contributed by atoms with E-state index in [1.165, 1.54) is 6.07 Å². The molecule has 21 heavy (non-hydrogen) atoms. The molecule has 2 rings (SSSR count). The number of benzene rings is 1. The molecule has 1 atom stereocenters. The van der Waals surface area contributed by atoms with Crippen molar-refractivity contribution >= 4 is 49.5 Å². The highest BCUT2D eigenvalue weighted by molar-refractivity contribution is 9.11. The molecule has 1 heterocycles. The van der Waals surface area contributed by atoms with Crippen molar-refractivity contribution in [2.24, 2.45) is 5.92 Å². The van der Waals surface area contributed by atoms with Gasteiger partial charge in [-0.1, -0.05) is 22.9 Å². The van der Waals surface area contributed by atoms with Crippen LogP contribution in [-0.4, -0.2) is 35.1 Å². The van der Waals surface area contributed by atoms with E-state index in [1.807, 2.05) is 0 Å². The Hall–Kier alpha value is -1.08. The first-order valence-electron chi connectivity index (χ1n) is 6.66. The maximum Gasteiger partial charge on any atom is 0.337 e. The Morgan fingerprint density at radius 1 is 1.38 bits per heavy atom. The van der Waals surface area contributed by atoms with E-state index in [9.17, 15) is 14.7 Å². The molecular formula is C14H16Br2N2O3. The second-order valence-electron chi connectivity index (χ2n) is 5.24. The van der Waals surface area contributed by atoms with Crippen molar-refractivity contribution < 1.29 is 14.7 Å². The smallest absolute Gasteiger partial charge is 0.337 e. The van der Waals surface area contributed by atoms with E-state index in [-0.39, 0.29) is 17.3 Å². The molecule has 0 aliphatic carbocycles. The van der Waals surface area contributed by atoms with Crippen molar-refractivity contribution in [2.45, 2.75) is 19.8 Å². The fourth-order valence-corrected chi connectivity index (χ4v) is 3.75. The van der Waals surface area contributed by atoms with Gasteiger partial charge >= 0.3 is 12.0 Å². The van der Waals surface area contributed by atoms with Crippen LogP contribution in [-0.2, 0) is 0 Å². The second kappa shape index (κ2) is 6.79. The molecule has 1 aromatic carbocycles. The first-order chi connectivity index (χ1) is 9.88. The lowest BCUT2D eigenvalue weighted by Gasteiger charge is -2.31. The number of hydrogen-bond acceptors (Lipinski definition) is 2. The van der Waals surface area contributed by atoms with Crippen molar-refractivity contribution in [3.05, 3.63) is 26.6 Å². The van der Waals surface area contributed by atoms with Crippen molar-refractivity contribution in [1.82, 2.24) is 4.90 Å². The minimum absolute atomic E-state index is 0.0506. The van der Waals surface area contributed by atoms with Gasteiger partial charge < -0.3 is 15.3 Å². The number of carboxylic acids is 1. The summed E-state index contributed by atoms with van der Waals surface area (Å²) < 4.78 is 1.17. The zero-order chi connectivity index (χ0) is 15.6. The number of aromatic carboxylic acids is 1. The molecule has 2 N–H and O–H groups in total. The lowest BCUT2D eigenvalue weighted by molar-refractivity contribution is 0.0698. The number of hydrogen-bond donors (Lipinski definition) is 2. The average molecular weight is 420 g/mol. The predicted octanol–water partition coefficient (Wildman–Crippen LogP) is 4.17. The van der Waals surface area contributed by atoms with Gasteiger partial charge in [-0.3, -0.25) is 0 Å². The Kier molecular flexibility index (Phi) is 5.27. The normalized spacial score (nSPS) is 18.4. The lowest BCUT2D eigenvalue weighted by atomic mass is 10.0. The standard InChI is InChI=1S/C14H16Br2N2O3/c1-8-3-2-4-18(7-8)14(21)17-12-10(13(19)20)5-9(15)6-11(12)16/h5-6,8H,2-4,7H2,1H3,(H,17,21)(H,19,20). The highest BCUT2D eigenvalue weighted by Crippen LogP contribution is 2.31. The summed E-state index contributed by atoms with van der Waals surface area (Å²) in [4.78, 5) is 25.4. The van der Waals surface area contributed by atoms with Gasteiger partial charge in [-0.05, 0) is 46.8 Å². The molecule has 0 saturated carbocycles. The zero-order valence-electron chi connectivity index (χ0n) is 11.5. The summed E-state index contributed by atoms with van der Waals surface area (Å²) in [6.45, 7) is 3.51. The number of halogens is 2. The van der Waals surface area contributed by atoms with Crippen LogP contribution in [0.5, 0.6) is 0 Å². The molecule has 0 spiro atoms. The summed E-state index contributed by atoms with van der Waals surface area (Å²) in [6.07, 6.45) is 2.09. The number of rotatable bonds is 2. The average Bonchev–Trinajstić information content (AvgIpc) is 2.41. The summed E-state index contributed by atoms with van der Waals surface area (Å²) in [5.41, 5.74) is 0.337. The first-order valence-corrected chi connectivity index (χ1v) is 8.25. The van der Waals surface area contributed by atoms with Crippen molar-refractivity contribution in [3.8, 4) is 0 Å². The molecule has 7 heteroatoms. The monoisotopic (exact) mass is 418 g/mol. The highest BCUT2D eigenvalue weighted by Gasteiger charge is 2.23. The number of likely N-dealkylation sites (tertiary alicyclic amines) is 1. The molecule has 1 aliphatic rings. The molecule has 1 unspecified atom stereocenters. The summed E-state index contributed by atoms with van der Waals surface area (Å²) >= 11 is 6.55. The van der Waals surface area contributed by atoms with Crippen LogP contribution in [0.15, 0.2) is 21.1 Å². The van der Waals surface area contributed by atoms with Gasteiger partial charge in [0.05, 0.1) is 11.3 Å². The number of carbonyl (C=O) groups is 2. The van der Waals surface area contributed by atoms with E-state index in [0.717, 1.165) is 12.8 Å². The number of piperidine rings is 1. The summed E-state index contributed by atoms with van der Waals surface area (Å²) in [5, 5.41) is 12.0. The van der Waals surface area contributed by atoms with Gasteiger partial charge in [-0.2, -0.15) is 0 Å². The molecular weight excluding hydrogens is 404 g/mol. The first kappa shape index (κ1) is 16.3. The van der Waals surface area contributed by atoms with Crippen LogP contribution in [0.4, 0.5) is 10.5 Å². The Morgan fingerprint density at radius 2 is 2.10 bits per heavy atom. The SMILES string of the molecule is CC1CCCN(C(=O)Nc2c(Br)cc(Br)cc2C(=O)O)C1. The lowest BCUT2D eigenvalue weighted by Crippen LogP contribution is -2.41. The molecule has 2 amide bonds. The van der Waals surface area contributed by atoms with Gasteiger partial charge in [0, 0.05) is 22.0 Å². The Balaban J connectivity index is 2.22. The maximum absolute atomic E-state index is 12.3. The molecule has 5 nitrogen and oxygen atoms in total. The summed E-state index contributed by atoms with van der Waals surface area (Å²) in [7, 11) is 0. The fourth-order valence-electron chi connectivity index (χ4n) is 2.43. The largest absolute Gasteiger partial charge is 0.478 e. The summed E-state index contributed by atoms with van der Waals surface area (Å²) in [5.74, 6) is -0.615. The number of urea groups is 1. The summed E-state index contributed by atoms with van der Waals surface area (Å²) in [6, 6.07) is 2.93. The zero-order valence-corrected chi connectivity index (χ0v) is 14.7. The van der Waals surface area contributed by atoms with Crippen LogP contribution >= 0.6 is 31.9 Å². The van der Waals surface area contributed by atoms with E-state index in [2.05, 4.69) is 44.1 Å². The molecule has 1 aliphatic heterocycles. The number of nitrogens with zero attached hydrogens (tertiary/aromatic N) is 1. The third kappa shape index (κ3) is 3.97. The molecule has 0 aromatic heterocycles. The molecule has 0 bridgehead atoms. The molecule has 0 radical (unpaired) electrons. The molecule has 1 saturated heterocycles. The third-order valence-electron chi connectivity index (χ3n) is 3.46. The third-order valence-corrected chi connectivity index (χ3v) is 4.54. The molecule has 1 fully saturated rings. The van der Waals surface area contributed by atoms with E-state index in [1.54, 1.807) is 11.0 Å².